The fourth-order valence-corrected chi connectivity index (χ4v) is 3.03. The maximum Gasteiger partial charge on any atom is 0.252 e. The molecular formula is C16H17BrN2O3S. The van der Waals surface area contributed by atoms with Gasteiger partial charge in [0.15, 0.2) is 0 Å². The molecule has 0 radical (unpaired) electrons. The first-order valence-corrected chi connectivity index (χ1v) is 9.22. The molecule has 0 aliphatic rings. The summed E-state index contributed by atoms with van der Waals surface area (Å²) < 4.78 is 23.3. The molecule has 0 bridgehead atoms. The van der Waals surface area contributed by atoms with Gasteiger partial charge < -0.3 is 5.32 Å². The van der Waals surface area contributed by atoms with E-state index in [-0.39, 0.29) is 22.4 Å². The van der Waals surface area contributed by atoms with E-state index < -0.39 is 10.0 Å². The van der Waals surface area contributed by atoms with E-state index in [1.54, 1.807) is 0 Å². The van der Waals surface area contributed by atoms with Gasteiger partial charge in [-0.2, -0.15) is 0 Å². The monoisotopic (exact) mass is 396 g/mol. The molecular weight excluding hydrogens is 380 g/mol. The lowest BCUT2D eigenvalue weighted by Crippen LogP contribution is -2.27. The highest BCUT2D eigenvalue weighted by Gasteiger charge is 2.17. The molecule has 1 atom stereocenters. The van der Waals surface area contributed by atoms with E-state index in [2.05, 4.69) is 21.2 Å². The molecule has 2 aromatic carbocycles. The summed E-state index contributed by atoms with van der Waals surface area (Å²) in [7, 11) is -3.86. The Hall–Kier alpha value is -1.70. The Balaban J connectivity index is 2.25. The molecule has 5 nitrogen and oxygen atoms in total. The Morgan fingerprint density at radius 3 is 2.35 bits per heavy atom. The van der Waals surface area contributed by atoms with Crippen molar-refractivity contribution in [2.45, 2.75) is 24.8 Å². The third-order valence-corrected chi connectivity index (χ3v) is 5.04. The van der Waals surface area contributed by atoms with E-state index in [1.165, 1.54) is 18.2 Å². The molecule has 23 heavy (non-hydrogen) atoms. The molecule has 122 valence electrons. The summed E-state index contributed by atoms with van der Waals surface area (Å²) >= 11 is 3.26. The largest absolute Gasteiger partial charge is 0.345 e. The number of amides is 1. The van der Waals surface area contributed by atoms with Crippen LogP contribution in [0.2, 0.25) is 0 Å². The van der Waals surface area contributed by atoms with Crippen molar-refractivity contribution in [2.24, 2.45) is 5.14 Å². The van der Waals surface area contributed by atoms with Gasteiger partial charge in [0.2, 0.25) is 10.0 Å². The fraction of sp³-hybridized carbons (Fsp3) is 0.188. The van der Waals surface area contributed by atoms with E-state index in [1.807, 2.05) is 38.1 Å². The second-order valence-corrected chi connectivity index (χ2v) is 7.71. The maximum atomic E-state index is 12.4. The van der Waals surface area contributed by atoms with Crippen LogP contribution in [0.25, 0.3) is 0 Å². The van der Waals surface area contributed by atoms with Crippen LogP contribution in [0.4, 0.5) is 0 Å². The van der Waals surface area contributed by atoms with E-state index in [0.717, 1.165) is 11.1 Å². The van der Waals surface area contributed by atoms with Gasteiger partial charge in [-0.25, -0.2) is 13.6 Å². The number of carbonyl (C=O) groups is 1. The first-order chi connectivity index (χ1) is 10.7. The van der Waals surface area contributed by atoms with Crippen LogP contribution in [-0.4, -0.2) is 14.3 Å². The minimum Gasteiger partial charge on any atom is -0.345 e. The molecule has 7 heteroatoms. The molecule has 3 N–H and O–H groups in total. The van der Waals surface area contributed by atoms with Gasteiger partial charge in [0.25, 0.3) is 5.91 Å². The Bertz CT molecular complexity index is 833. The smallest absolute Gasteiger partial charge is 0.252 e. The summed E-state index contributed by atoms with van der Waals surface area (Å²) in [5.41, 5.74) is 2.31. The van der Waals surface area contributed by atoms with Crippen molar-refractivity contribution in [1.29, 1.82) is 0 Å². The predicted molar refractivity (Wildman–Crippen MR) is 92.6 cm³/mol. The van der Waals surface area contributed by atoms with Gasteiger partial charge in [-0.3, -0.25) is 4.79 Å². The van der Waals surface area contributed by atoms with Crippen molar-refractivity contribution in [3.63, 3.8) is 0 Å². The van der Waals surface area contributed by atoms with E-state index in [9.17, 15) is 13.2 Å². The standard InChI is InChI=1S/C16H17BrN2O3S/c1-10-3-5-12(6-4-10)11(2)19-16(20)14-9-13(23(18,21)22)7-8-15(14)17/h3-9,11H,1-2H3,(H,19,20)(H2,18,21,22). The second-order valence-electron chi connectivity index (χ2n) is 5.29. The van der Waals surface area contributed by atoms with Crippen LogP contribution in [0.3, 0.4) is 0 Å². The fourth-order valence-electron chi connectivity index (χ4n) is 2.07. The van der Waals surface area contributed by atoms with Crippen molar-refractivity contribution in [2.75, 3.05) is 0 Å². The predicted octanol–water partition coefficient (Wildman–Crippen LogP) is 2.90. The number of nitrogens with one attached hydrogen (secondary N) is 1. The second kappa shape index (κ2) is 6.82. The van der Waals surface area contributed by atoms with Crippen molar-refractivity contribution < 1.29 is 13.2 Å². The van der Waals surface area contributed by atoms with Crippen LogP contribution in [0, 0.1) is 6.92 Å². The zero-order valence-electron chi connectivity index (χ0n) is 12.7. The lowest BCUT2D eigenvalue weighted by atomic mass is 10.1. The minimum atomic E-state index is -3.86. The zero-order valence-corrected chi connectivity index (χ0v) is 15.1. The summed E-state index contributed by atoms with van der Waals surface area (Å²) in [6.07, 6.45) is 0. The van der Waals surface area contributed by atoms with Crippen LogP contribution in [0.15, 0.2) is 51.8 Å². The summed E-state index contributed by atoms with van der Waals surface area (Å²) in [5, 5.41) is 7.95. The van der Waals surface area contributed by atoms with Crippen LogP contribution in [0.1, 0.15) is 34.5 Å². The number of rotatable bonds is 4. The molecule has 1 unspecified atom stereocenters. The average molecular weight is 397 g/mol. The number of hydrogen-bond acceptors (Lipinski definition) is 3. The number of nitrogens with two attached hydrogens (primary N) is 1. The molecule has 2 aromatic rings. The lowest BCUT2D eigenvalue weighted by molar-refractivity contribution is 0.0939. The number of halogens is 1. The molecule has 0 spiro atoms. The van der Waals surface area contributed by atoms with Crippen molar-refractivity contribution >= 4 is 31.9 Å². The maximum absolute atomic E-state index is 12.4. The van der Waals surface area contributed by atoms with E-state index in [4.69, 9.17) is 5.14 Å². The van der Waals surface area contributed by atoms with Crippen molar-refractivity contribution in [3.05, 3.63) is 63.6 Å². The highest BCUT2D eigenvalue weighted by atomic mass is 79.9. The van der Waals surface area contributed by atoms with Gasteiger partial charge in [-0.15, -0.1) is 0 Å². The van der Waals surface area contributed by atoms with Gasteiger partial charge >= 0.3 is 0 Å². The topological polar surface area (TPSA) is 89.3 Å². The molecule has 0 aliphatic heterocycles. The molecule has 0 fully saturated rings. The molecule has 0 saturated heterocycles. The van der Waals surface area contributed by atoms with Crippen LogP contribution >= 0.6 is 15.9 Å². The molecule has 1 amide bonds. The van der Waals surface area contributed by atoms with Gasteiger partial charge in [-0.1, -0.05) is 29.8 Å². The number of benzene rings is 2. The van der Waals surface area contributed by atoms with Gasteiger partial charge in [0, 0.05) is 4.47 Å². The SMILES string of the molecule is Cc1ccc(C(C)NC(=O)c2cc(S(N)(=O)=O)ccc2Br)cc1. The average Bonchev–Trinajstić information content (AvgIpc) is 2.46. The summed E-state index contributed by atoms with van der Waals surface area (Å²) in [6.45, 7) is 3.85. The number of carbonyl (C=O) groups excluding carboxylic acids is 1. The number of hydrogen-bond donors (Lipinski definition) is 2. The number of primary sulfonamides is 1. The number of sulfonamides is 1. The third kappa shape index (κ3) is 4.40. The first-order valence-electron chi connectivity index (χ1n) is 6.88. The van der Waals surface area contributed by atoms with Gasteiger partial charge in [0.05, 0.1) is 16.5 Å². The van der Waals surface area contributed by atoms with Crippen LogP contribution < -0.4 is 10.5 Å². The lowest BCUT2D eigenvalue weighted by Gasteiger charge is -2.15. The quantitative estimate of drug-likeness (QED) is 0.832. The molecule has 0 saturated carbocycles. The molecule has 0 heterocycles. The molecule has 0 aliphatic carbocycles. The third-order valence-electron chi connectivity index (χ3n) is 3.44. The van der Waals surface area contributed by atoms with Gasteiger partial charge in [-0.05, 0) is 53.5 Å². The highest BCUT2D eigenvalue weighted by molar-refractivity contribution is 9.10. The number of aryl methyl sites for hydroxylation is 1. The Morgan fingerprint density at radius 2 is 1.78 bits per heavy atom. The van der Waals surface area contributed by atoms with Crippen LogP contribution in [0.5, 0.6) is 0 Å². The Kier molecular flexibility index (Phi) is 5.23. The van der Waals surface area contributed by atoms with E-state index in [0.29, 0.717) is 4.47 Å². The molecule has 0 aromatic heterocycles. The minimum absolute atomic E-state index is 0.103. The first kappa shape index (κ1) is 17.7. The van der Waals surface area contributed by atoms with Crippen LogP contribution in [-0.2, 0) is 10.0 Å². The highest BCUT2D eigenvalue weighted by Crippen LogP contribution is 2.22. The van der Waals surface area contributed by atoms with Crippen molar-refractivity contribution in [1.82, 2.24) is 5.32 Å². The van der Waals surface area contributed by atoms with E-state index >= 15 is 0 Å². The Morgan fingerprint density at radius 1 is 1.17 bits per heavy atom. The Labute approximate surface area is 144 Å². The summed E-state index contributed by atoms with van der Waals surface area (Å²) in [5.74, 6) is -0.379. The van der Waals surface area contributed by atoms with Crippen molar-refractivity contribution in [3.8, 4) is 0 Å². The summed E-state index contributed by atoms with van der Waals surface area (Å²) in [4.78, 5) is 12.3. The zero-order chi connectivity index (χ0) is 17.2. The molecule has 2 rings (SSSR count). The van der Waals surface area contributed by atoms with Gasteiger partial charge in [0.1, 0.15) is 0 Å². The normalized spacial score (nSPS) is 12.7. The summed E-state index contributed by atoms with van der Waals surface area (Å²) in [6, 6.07) is 11.7.